The van der Waals surface area contributed by atoms with Crippen molar-refractivity contribution in [2.75, 3.05) is 19.0 Å². The number of benzene rings is 1. The van der Waals surface area contributed by atoms with E-state index in [9.17, 15) is 14.4 Å². The summed E-state index contributed by atoms with van der Waals surface area (Å²) in [5.41, 5.74) is 0.747. The van der Waals surface area contributed by atoms with Crippen molar-refractivity contribution in [2.24, 2.45) is 11.8 Å². The van der Waals surface area contributed by atoms with E-state index in [2.05, 4.69) is 10.3 Å². The van der Waals surface area contributed by atoms with Crippen LogP contribution in [0.1, 0.15) is 12.8 Å². The van der Waals surface area contributed by atoms with Crippen LogP contribution in [0.15, 0.2) is 30.4 Å². The van der Waals surface area contributed by atoms with Gasteiger partial charge < -0.3 is 10.1 Å². The lowest BCUT2D eigenvalue weighted by Gasteiger charge is -2.14. The first-order chi connectivity index (χ1) is 12.6. The van der Waals surface area contributed by atoms with E-state index in [4.69, 9.17) is 4.74 Å². The minimum atomic E-state index is -0.427. The molecule has 2 atom stereocenters. The number of imide groups is 1. The molecule has 7 nitrogen and oxygen atoms in total. The molecule has 1 saturated heterocycles. The van der Waals surface area contributed by atoms with Crippen molar-refractivity contribution in [3.63, 3.8) is 0 Å². The van der Waals surface area contributed by atoms with Crippen molar-refractivity contribution in [3.05, 3.63) is 30.4 Å². The average Bonchev–Trinajstić information content (AvgIpc) is 3.15. The van der Waals surface area contributed by atoms with Crippen LogP contribution < -0.4 is 10.1 Å². The van der Waals surface area contributed by atoms with Gasteiger partial charge in [0.1, 0.15) is 12.3 Å². The summed E-state index contributed by atoms with van der Waals surface area (Å²) in [6, 6.07) is 5.45. The number of likely N-dealkylation sites (tertiary alicyclic amines) is 1. The van der Waals surface area contributed by atoms with E-state index in [1.54, 1.807) is 13.2 Å². The molecule has 8 heteroatoms. The van der Waals surface area contributed by atoms with Gasteiger partial charge in [0.2, 0.25) is 17.7 Å². The van der Waals surface area contributed by atoms with Gasteiger partial charge in [0.05, 0.1) is 29.2 Å². The molecular formula is C18H17N3O4S. The quantitative estimate of drug-likeness (QED) is 0.657. The first kappa shape index (κ1) is 16.7. The van der Waals surface area contributed by atoms with E-state index >= 15 is 0 Å². The molecule has 0 saturated carbocycles. The van der Waals surface area contributed by atoms with Crippen LogP contribution in [-0.2, 0) is 14.4 Å². The summed E-state index contributed by atoms with van der Waals surface area (Å²) in [7, 11) is 1.59. The summed E-state index contributed by atoms with van der Waals surface area (Å²) >= 11 is 1.31. The summed E-state index contributed by atoms with van der Waals surface area (Å²) in [5, 5.41) is 3.11. The molecule has 0 spiro atoms. The maximum absolute atomic E-state index is 12.4. The van der Waals surface area contributed by atoms with Gasteiger partial charge in [-0.15, -0.1) is 0 Å². The molecule has 26 heavy (non-hydrogen) atoms. The number of allylic oxidation sites excluding steroid dienone is 2. The number of nitrogens with zero attached hydrogens (tertiary/aromatic N) is 2. The number of methoxy groups -OCH3 is 1. The Bertz CT molecular complexity index is 910. The number of hydrogen-bond acceptors (Lipinski definition) is 6. The fourth-order valence-electron chi connectivity index (χ4n) is 3.41. The van der Waals surface area contributed by atoms with E-state index in [1.807, 2.05) is 24.3 Å². The Hall–Kier alpha value is -2.74. The van der Waals surface area contributed by atoms with Gasteiger partial charge in [-0.2, -0.15) is 0 Å². The lowest BCUT2D eigenvalue weighted by molar-refractivity contribution is -0.142. The molecule has 1 aliphatic carbocycles. The number of carbonyl (C=O) groups excluding carboxylic acids is 3. The molecule has 0 bridgehead atoms. The largest absolute Gasteiger partial charge is 0.497 e. The third kappa shape index (κ3) is 2.86. The zero-order valence-corrected chi connectivity index (χ0v) is 14.9. The Labute approximate surface area is 153 Å². The van der Waals surface area contributed by atoms with Gasteiger partial charge in [-0.3, -0.25) is 19.3 Å². The van der Waals surface area contributed by atoms with Gasteiger partial charge in [-0.05, 0) is 31.0 Å². The second kappa shape index (κ2) is 6.53. The number of amides is 3. The highest BCUT2D eigenvalue weighted by Gasteiger charge is 2.47. The first-order valence-electron chi connectivity index (χ1n) is 8.31. The molecule has 2 aromatic rings. The molecule has 1 N–H and O–H groups in total. The fraction of sp³-hybridized carbons (Fsp3) is 0.333. The Kier molecular flexibility index (Phi) is 4.20. The van der Waals surface area contributed by atoms with Crippen LogP contribution in [-0.4, -0.2) is 41.3 Å². The molecule has 3 amide bonds. The SMILES string of the molecule is COc1ccc2nc(NC(=O)CN3C(=O)C4CC=CCC4C3=O)sc2c1. The number of anilines is 1. The zero-order valence-electron chi connectivity index (χ0n) is 14.1. The molecule has 1 aliphatic heterocycles. The van der Waals surface area contributed by atoms with Gasteiger partial charge in [-0.1, -0.05) is 23.5 Å². The van der Waals surface area contributed by atoms with Crippen LogP contribution in [0.5, 0.6) is 5.75 Å². The van der Waals surface area contributed by atoms with Crippen molar-refractivity contribution in [1.82, 2.24) is 9.88 Å². The van der Waals surface area contributed by atoms with Crippen LogP contribution in [0, 0.1) is 11.8 Å². The number of carbonyl (C=O) groups is 3. The summed E-state index contributed by atoms with van der Waals surface area (Å²) in [6.45, 7) is -0.274. The number of hydrogen-bond donors (Lipinski definition) is 1. The lowest BCUT2D eigenvalue weighted by Crippen LogP contribution is -2.38. The van der Waals surface area contributed by atoms with Crippen molar-refractivity contribution >= 4 is 44.4 Å². The van der Waals surface area contributed by atoms with Gasteiger partial charge in [0.25, 0.3) is 0 Å². The van der Waals surface area contributed by atoms with Crippen LogP contribution >= 0.6 is 11.3 Å². The van der Waals surface area contributed by atoms with E-state index < -0.39 is 5.91 Å². The Balaban J connectivity index is 1.46. The van der Waals surface area contributed by atoms with Crippen LogP contribution in [0.25, 0.3) is 10.2 Å². The van der Waals surface area contributed by atoms with E-state index in [-0.39, 0.29) is 30.2 Å². The zero-order chi connectivity index (χ0) is 18.3. The molecular weight excluding hydrogens is 354 g/mol. The number of fused-ring (bicyclic) bond motifs is 2. The predicted molar refractivity (Wildman–Crippen MR) is 96.9 cm³/mol. The molecule has 0 radical (unpaired) electrons. The van der Waals surface area contributed by atoms with E-state index in [0.29, 0.717) is 23.7 Å². The Morgan fingerprint density at radius 3 is 2.62 bits per heavy atom. The molecule has 134 valence electrons. The van der Waals surface area contributed by atoms with Gasteiger partial charge in [0, 0.05) is 0 Å². The summed E-state index contributed by atoms with van der Waals surface area (Å²) in [5.74, 6) is -0.875. The molecule has 4 rings (SSSR count). The van der Waals surface area contributed by atoms with Crippen molar-refractivity contribution < 1.29 is 19.1 Å². The number of ether oxygens (including phenoxy) is 1. The molecule has 2 unspecified atom stereocenters. The lowest BCUT2D eigenvalue weighted by atomic mass is 9.85. The normalized spacial score (nSPS) is 22.0. The summed E-state index contributed by atoms with van der Waals surface area (Å²) < 4.78 is 6.06. The summed E-state index contributed by atoms with van der Waals surface area (Å²) in [4.78, 5) is 42.6. The molecule has 1 fully saturated rings. The molecule has 1 aromatic heterocycles. The van der Waals surface area contributed by atoms with Gasteiger partial charge in [-0.25, -0.2) is 4.98 Å². The van der Waals surface area contributed by atoms with E-state index in [1.165, 1.54) is 11.3 Å². The monoisotopic (exact) mass is 371 g/mol. The minimum Gasteiger partial charge on any atom is -0.497 e. The topological polar surface area (TPSA) is 88.6 Å². The van der Waals surface area contributed by atoms with Crippen LogP contribution in [0.4, 0.5) is 5.13 Å². The Morgan fingerprint density at radius 2 is 1.96 bits per heavy atom. The fourth-order valence-corrected chi connectivity index (χ4v) is 4.32. The number of nitrogens with one attached hydrogen (secondary N) is 1. The van der Waals surface area contributed by atoms with E-state index in [0.717, 1.165) is 15.1 Å². The van der Waals surface area contributed by atoms with Gasteiger partial charge >= 0.3 is 0 Å². The minimum absolute atomic E-state index is 0.256. The highest BCUT2D eigenvalue weighted by atomic mass is 32.1. The van der Waals surface area contributed by atoms with Gasteiger partial charge in [0.15, 0.2) is 5.13 Å². The van der Waals surface area contributed by atoms with Crippen molar-refractivity contribution in [3.8, 4) is 5.75 Å². The predicted octanol–water partition coefficient (Wildman–Crippen LogP) is 2.19. The molecule has 1 aromatic carbocycles. The second-order valence-electron chi connectivity index (χ2n) is 6.32. The summed E-state index contributed by atoms with van der Waals surface area (Å²) in [6.07, 6.45) is 4.97. The smallest absolute Gasteiger partial charge is 0.246 e. The number of thiazole rings is 1. The van der Waals surface area contributed by atoms with Crippen LogP contribution in [0.3, 0.4) is 0 Å². The number of aromatic nitrogens is 1. The Morgan fingerprint density at radius 1 is 1.27 bits per heavy atom. The molecule has 2 heterocycles. The second-order valence-corrected chi connectivity index (χ2v) is 7.35. The number of rotatable bonds is 4. The molecule has 2 aliphatic rings. The van der Waals surface area contributed by atoms with Crippen molar-refractivity contribution in [1.29, 1.82) is 0 Å². The third-order valence-corrected chi connectivity index (χ3v) is 5.68. The average molecular weight is 371 g/mol. The van der Waals surface area contributed by atoms with Crippen LogP contribution in [0.2, 0.25) is 0 Å². The maximum atomic E-state index is 12.4. The highest BCUT2D eigenvalue weighted by Crippen LogP contribution is 2.35. The highest BCUT2D eigenvalue weighted by molar-refractivity contribution is 7.22. The standard InChI is InChI=1S/C18H17N3O4S/c1-25-10-6-7-13-14(8-10)26-18(19-13)20-15(22)9-21-16(23)11-4-2-3-5-12(11)17(21)24/h2-3,6-8,11-12H,4-5,9H2,1H3,(H,19,20,22). The first-order valence-corrected chi connectivity index (χ1v) is 9.13. The third-order valence-electron chi connectivity index (χ3n) is 4.74. The van der Waals surface area contributed by atoms with Crippen molar-refractivity contribution in [2.45, 2.75) is 12.8 Å². The maximum Gasteiger partial charge on any atom is 0.246 e.